The molecular weight excluding hydrogens is 1180 g/mol. The van der Waals surface area contributed by atoms with Gasteiger partial charge >= 0.3 is 6.85 Å². The number of benzene rings is 12. The topological polar surface area (TPSA) is 9.72 Å². The summed E-state index contributed by atoms with van der Waals surface area (Å²) in [6, 6.07) is 97.9. The Labute approximate surface area is 572 Å². The Morgan fingerprint density at radius 3 is 1.54 bits per heavy atom. The third-order valence-corrected chi connectivity index (χ3v) is 23.3. The van der Waals surface area contributed by atoms with Crippen LogP contribution in [-0.4, -0.2) is 6.85 Å². The lowest BCUT2D eigenvalue weighted by Crippen LogP contribution is -2.62. The monoisotopic (exact) mass is 1260 g/mol. The predicted octanol–water partition coefficient (Wildman–Crippen LogP) is 24.5. The van der Waals surface area contributed by atoms with Crippen molar-refractivity contribution in [2.75, 3.05) is 14.6 Å². The molecule has 3 nitrogen and oxygen atoms in total. The number of rotatable bonds is 8. The van der Waals surface area contributed by atoms with Gasteiger partial charge in [0.2, 0.25) is 0 Å². The molecule has 0 N–H and O–H groups in total. The second kappa shape index (κ2) is 21.7. The first-order valence-electron chi connectivity index (χ1n) is 34.6. The summed E-state index contributed by atoms with van der Waals surface area (Å²) in [4.78, 5) is 8.02. The lowest BCUT2D eigenvalue weighted by molar-refractivity contribution is 0.332. The number of anilines is 8. The fourth-order valence-corrected chi connectivity index (χ4v) is 18.0. The molecule has 17 rings (SSSR count). The first kappa shape index (κ1) is 60.0. The van der Waals surface area contributed by atoms with Crippen molar-refractivity contribution in [1.82, 2.24) is 0 Å². The number of fused-ring (bicyclic) bond motifs is 13. The van der Waals surface area contributed by atoms with Crippen LogP contribution >= 0.6 is 11.3 Å². The molecule has 2 aliphatic heterocycles. The summed E-state index contributed by atoms with van der Waals surface area (Å²) in [5.74, 6) is 0. The molecule has 0 spiro atoms. The van der Waals surface area contributed by atoms with E-state index in [2.05, 4.69) is 352 Å². The first-order chi connectivity index (χ1) is 46.1. The maximum atomic E-state index is 2.77. The first-order valence-corrected chi connectivity index (χ1v) is 35.4. The summed E-state index contributed by atoms with van der Waals surface area (Å²) in [6.45, 7) is 28.7. The summed E-state index contributed by atoms with van der Waals surface area (Å²) in [5.41, 5.74) is 32.1. The fourth-order valence-electron chi connectivity index (χ4n) is 16.8. The Balaban J connectivity index is 1.02. The molecule has 0 amide bonds. The summed E-state index contributed by atoms with van der Waals surface area (Å²) in [6.07, 6.45) is 2.33. The van der Waals surface area contributed by atoms with Gasteiger partial charge in [-0.3, -0.25) is 0 Å². The highest BCUT2D eigenvalue weighted by Gasteiger charge is 2.51. The van der Waals surface area contributed by atoms with Crippen LogP contribution in [0.5, 0.6) is 0 Å². The average molecular weight is 1260 g/mol. The predicted molar refractivity (Wildman–Crippen MR) is 414 cm³/mol. The van der Waals surface area contributed by atoms with E-state index < -0.39 is 5.41 Å². The van der Waals surface area contributed by atoms with E-state index in [0.29, 0.717) is 0 Å². The molecule has 0 saturated heterocycles. The van der Waals surface area contributed by atoms with E-state index >= 15 is 0 Å². The molecule has 0 unspecified atom stereocenters. The quantitative estimate of drug-likeness (QED) is 0.140. The third-order valence-electron chi connectivity index (χ3n) is 22.2. The van der Waals surface area contributed by atoms with E-state index in [0.717, 1.165) is 34.9 Å². The van der Waals surface area contributed by atoms with Crippen molar-refractivity contribution in [3.8, 4) is 55.6 Å². The molecule has 12 aromatic carbocycles. The molecule has 0 saturated carbocycles. The molecule has 0 fully saturated rings. The molecule has 0 bridgehead atoms. The summed E-state index contributed by atoms with van der Waals surface area (Å²) in [7, 11) is 0. The van der Waals surface area contributed by atoms with Crippen LogP contribution in [0.3, 0.4) is 0 Å². The van der Waals surface area contributed by atoms with E-state index in [4.69, 9.17) is 0 Å². The molecule has 1 aromatic heterocycles. The van der Waals surface area contributed by atoms with Gasteiger partial charge in [0, 0.05) is 76.5 Å². The third kappa shape index (κ3) is 9.42. The van der Waals surface area contributed by atoms with Gasteiger partial charge < -0.3 is 14.6 Å². The van der Waals surface area contributed by atoms with Gasteiger partial charge in [-0.2, -0.15) is 0 Å². The van der Waals surface area contributed by atoms with Crippen LogP contribution in [0.4, 0.5) is 45.5 Å². The molecule has 470 valence electrons. The van der Waals surface area contributed by atoms with Gasteiger partial charge in [-0.15, -0.1) is 11.3 Å². The van der Waals surface area contributed by atoms with Crippen LogP contribution in [0.1, 0.15) is 129 Å². The molecule has 5 heteroatoms. The maximum Gasteiger partial charge on any atom is 0.333 e. The zero-order valence-corrected chi connectivity index (χ0v) is 58.3. The SMILES string of the molecule is CC(C)(C)c1ccc(N2B3c4ccc(N(c5ccc(-c6ccccc6)cc5)c5ccc(-c6ccccc6)cc5)cc4N(c4ccc(C(C)(C)C)cc4-c4ccccc4)c4c3c(cc3c4C(C)(C)c4ccccc4-3)-c3c2ccc2sc4cc5c(cc4c32)C(C)(C)CCC5(C)C)cc1. The van der Waals surface area contributed by atoms with E-state index in [1.807, 2.05) is 11.3 Å². The second-order valence-electron chi connectivity index (χ2n) is 31.5. The summed E-state index contributed by atoms with van der Waals surface area (Å²) >= 11 is 1.98. The summed E-state index contributed by atoms with van der Waals surface area (Å²) < 4.78 is 2.70. The van der Waals surface area contributed by atoms with Crippen molar-refractivity contribution >= 4 is 94.8 Å². The molecule has 13 aromatic rings. The standard InChI is InChI=1S/C91H82BN3S/c1-87(2,3)62-36-43-66(44-37-62)95-78-48-49-80-83(71-55-74-75(56-81(71)96-80)90(9,10)51-50-89(74,7)8)82(78)72-54-70-68-30-22-23-31-73(68)91(11,12)84(70)86-85(72)92(95)76-46-45-67(53-79(76)94(86)77-47-38-63(88(4,5)6)52-69(77)61-28-20-15-21-29-61)93(64-39-32-59(33-40-64)57-24-16-13-17-25-57)65-41-34-60(35-42-65)58-26-18-14-19-27-58/h13-49,52-56H,50-51H2,1-12H3. The largest absolute Gasteiger partial charge is 0.376 e. The van der Waals surface area contributed by atoms with Crippen molar-refractivity contribution in [3.05, 3.63) is 288 Å². The number of thiophene rings is 1. The van der Waals surface area contributed by atoms with Crippen LogP contribution in [0, 0.1) is 0 Å². The van der Waals surface area contributed by atoms with E-state index in [1.165, 1.54) is 144 Å². The Morgan fingerprint density at radius 2 is 0.938 bits per heavy atom. The van der Waals surface area contributed by atoms with Gasteiger partial charge in [-0.05, 0) is 214 Å². The Bertz CT molecular complexity index is 5180. The van der Waals surface area contributed by atoms with Crippen molar-refractivity contribution in [2.45, 2.75) is 123 Å². The minimum atomic E-state index is -0.405. The normalized spacial score (nSPS) is 15.4. The van der Waals surface area contributed by atoms with Gasteiger partial charge in [0.05, 0.1) is 5.69 Å². The molecule has 3 heterocycles. The molecule has 96 heavy (non-hydrogen) atoms. The molecule has 2 aliphatic carbocycles. The van der Waals surface area contributed by atoms with Crippen LogP contribution < -0.4 is 25.5 Å². The van der Waals surface area contributed by atoms with Crippen LogP contribution in [0.25, 0.3) is 75.8 Å². The zero-order valence-electron chi connectivity index (χ0n) is 57.5. The minimum absolute atomic E-state index is 0.0327. The highest BCUT2D eigenvalue weighted by Crippen LogP contribution is 2.61. The maximum absolute atomic E-state index is 2.77. The molecule has 4 aliphatic rings. The lowest BCUT2D eigenvalue weighted by atomic mass is 9.42. The number of nitrogens with zero attached hydrogens (tertiary/aromatic N) is 3. The minimum Gasteiger partial charge on any atom is -0.376 e. The van der Waals surface area contributed by atoms with Gasteiger partial charge in [0.1, 0.15) is 0 Å². The second-order valence-corrected chi connectivity index (χ2v) is 32.6. The van der Waals surface area contributed by atoms with Gasteiger partial charge in [0.25, 0.3) is 0 Å². The van der Waals surface area contributed by atoms with Crippen LogP contribution in [0.2, 0.25) is 0 Å². The highest BCUT2D eigenvalue weighted by molar-refractivity contribution is 7.26. The zero-order chi connectivity index (χ0) is 65.9. The molecule has 0 atom stereocenters. The Hall–Kier alpha value is -9.68. The average Bonchev–Trinajstić information content (AvgIpc) is 1.32. The van der Waals surface area contributed by atoms with Crippen LogP contribution in [-0.2, 0) is 27.1 Å². The Morgan fingerprint density at radius 1 is 0.406 bits per heavy atom. The number of hydrogen-bond acceptors (Lipinski definition) is 4. The van der Waals surface area contributed by atoms with E-state index in [-0.39, 0.29) is 28.5 Å². The number of hydrogen-bond donors (Lipinski definition) is 0. The van der Waals surface area contributed by atoms with E-state index in [1.54, 1.807) is 0 Å². The van der Waals surface area contributed by atoms with Crippen molar-refractivity contribution < 1.29 is 0 Å². The van der Waals surface area contributed by atoms with Crippen molar-refractivity contribution in [2.24, 2.45) is 0 Å². The Kier molecular flexibility index (Phi) is 13.5. The molecule has 0 radical (unpaired) electrons. The van der Waals surface area contributed by atoms with Crippen LogP contribution in [0.15, 0.2) is 255 Å². The van der Waals surface area contributed by atoms with Gasteiger partial charge in [-0.1, -0.05) is 247 Å². The van der Waals surface area contributed by atoms with E-state index in [9.17, 15) is 0 Å². The smallest absolute Gasteiger partial charge is 0.333 e. The van der Waals surface area contributed by atoms with Crippen molar-refractivity contribution in [3.63, 3.8) is 0 Å². The van der Waals surface area contributed by atoms with Gasteiger partial charge in [0.15, 0.2) is 0 Å². The van der Waals surface area contributed by atoms with Crippen molar-refractivity contribution in [1.29, 1.82) is 0 Å². The highest BCUT2D eigenvalue weighted by atomic mass is 32.1. The molecular formula is C91H82BN3S. The fraction of sp³-hybridized carbons (Fsp3) is 0.209. The van der Waals surface area contributed by atoms with Gasteiger partial charge in [-0.25, -0.2) is 0 Å². The summed E-state index contributed by atoms with van der Waals surface area (Å²) in [5, 5.41) is 2.72. The lowest BCUT2D eigenvalue weighted by Gasteiger charge is -2.48.